The average Bonchev–Trinajstić information content (AvgIpc) is 2.62. The monoisotopic (exact) mass is 470 g/mol. The lowest BCUT2D eigenvalue weighted by Crippen LogP contribution is -2.30. The van der Waals surface area contributed by atoms with E-state index in [1.807, 2.05) is 0 Å². The highest BCUT2D eigenvalue weighted by Crippen LogP contribution is 2.32. The van der Waals surface area contributed by atoms with Crippen molar-refractivity contribution >= 4 is 52.5 Å². The molecule has 0 aliphatic rings. The fourth-order valence-corrected chi connectivity index (χ4v) is 2.58. The van der Waals surface area contributed by atoms with Crippen LogP contribution < -0.4 is 10.1 Å². The number of ether oxygens (including phenoxy) is 2. The zero-order valence-electron chi connectivity index (χ0n) is 14.5. The van der Waals surface area contributed by atoms with Gasteiger partial charge in [-0.1, -0.05) is 34.8 Å². The number of carbonyl (C=O) groups is 2. The molecule has 0 fully saturated rings. The molecule has 0 bridgehead atoms. The van der Waals surface area contributed by atoms with E-state index in [0.29, 0.717) is 17.3 Å². The third-order valence-corrected chi connectivity index (χ3v) is 4.12. The van der Waals surface area contributed by atoms with E-state index in [9.17, 15) is 22.8 Å². The van der Waals surface area contributed by atoms with Crippen LogP contribution in [0.1, 0.15) is 12.5 Å². The van der Waals surface area contributed by atoms with Crippen LogP contribution >= 0.6 is 34.8 Å². The molecule has 2 aromatic rings. The Morgan fingerprint density at radius 2 is 1.86 bits per heavy atom. The summed E-state index contributed by atoms with van der Waals surface area (Å²) < 4.78 is 47.9. The number of hydrogen-bond acceptors (Lipinski definition) is 5. The van der Waals surface area contributed by atoms with Crippen LogP contribution in [0.25, 0.3) is 0 Å². The van der Waals surface area contributed by atoms with Crippen LogP contribution in [0.2, 0.25) is 15.1 Å². The summed E-state index contributed by atoms with van der Waals surface area (Å²) in [5, 5.41) is 2.28. The number of nitrogens with one attached hydrogen (secondary N) is 1. The van der Waals surface area contributed by atoms with Gasteiger partial charge in [0, 0.05) is 11.2 Å². The van der Waals surface area contributed by atoms with Crippen LogP contribution in [0.3, 0.4) is 0 Å². The topological polar surface area (TPSA) is 77.5 Å². The highest BCUT2D eigenvalue weighted by Gasteiger charge is 2.31. The molecule has 0 radical (unpaired) electrons. The molecule has 0 aliphatic carbocycles. The molecular formula is C17H12Cl3F3N2O4. The van der Waals surface area contributed by atoms with Crippen LogP contribution in [-0.4, -0.2) is 29.6 Å². The maximum Gasteiger partial charge on any atom is 0.417 e. The Morgan fingerprint density at radius 3 is 2.45 bits per heavy atom. The molecule has 1 N–H and O–H groups in total. The molecule has 0 unspecified atom stereocenters. The van der Waals surface area contributed by atoms with E-state index in [2.05, 4.69) is 10.3 Å². The highest BCUT2D eigenvalue weighted by molar-refractivity contribution is 6.35. The lowest BCUT2D eigenvalue weighted by atomic mass is 10.3. The Balaban J connectivity index is 1.89. The molecule has 1 amide bonds. The molecule has 0 aliphatic heterocycles. The van der Waals surface area contributed by atoms with Gasteiger partial charge in [-0.05, 0) is 31.2 Å². The average molecular weight is 472 g/mol. The quantitative estimate of drug-likeness (QED) is 0.599. The van der Waals surface area contributed by atoms with Crippen LogP contribution in [0.4, 0.5) is 19.0 Å². The first-order valence-corrected chi connectivity index (χ1v) is 8.91. The first kappa shape index (κ1) is 23.1. The summed E-state index contributed by atoms with van der Waals surface area (Å²) in [6.07, 6.45) is -5.22. The van der Waals surface area contributed by atoms with E-state index >= 15 is 0 Å². The van der Waals surface area contributed by atoms with Crippen molar-refractivity contribution in [3.8, 4) is 5.75 Å². The molecule has 6 nitrogen and oxygen atoms in total. The van der Waals surface area contributed by atoms with Crippen LogP contribution in [0.5, 0.6) is 5.75 Å². The van der Waals surface area contributed by atoms with Gasteiger partial charge in [0.15, 0.2) is 18.5 Å². The molecule has 1 aromatic heterocycles. The molecule has 29 heavy (non-hydrogen) atoms. The normalized spacial score (nSPS) is 12.2. The minimum absolute atomic E-state index is 0.179. The van der Waals surface area contributed by atoms with Gasteiger partial charge in [-0.2, -0.15) is 13.2 Å². The predicted molar refractivity (Wildman–Crippen MR) is 100 cm³/mol. The van der Waals surface area contributed by atoms with Gasteiger partial charge in [-0.3, -0.25) is 4.79 Å². The van der Waals surface area contributed by atoms with Gasteiger partial charge in [0.25, 0.3) is 5.91 Å². The zero-order chi connectivity index (χ0) is 21.8. The molecular weight excluding hydrogens is 460 g/mol. The number of esters is 1. The van der Waals surface area contributed by atoms with E-state index in [1.165, 1.54) is 25.1 Å². The van der Waals surface area contributed by atoms with E-state index in [0.717, 1.165) is 0 Å². The fourth-order valence-electron chi connectivity index (χ4n) is 1.92. The number of nitrogens with zero attached hydrogens (tertiary/aromatic N) is 1. The summed E-state index contributed by atoms with van der Waals surface area (Å²) in [6, 6.07) is 5.00. The molecule has 1 aromatic carbocycles. The van der Waals surface area contributed by atoms with Crippen molar-refractivity contribution in [2.24, 2.45) is 0 Å². The van der Waals surface area contributed by atoms with Crippen molar-refractivity contribution < 1.29 is 32.2 Å². The lowest BCUT2D eigenvalue weighted by Gasteiger charge is -2.15. The summed E-state index contributed by atoms with van der Waals surface area (Å²) in [7, 11) is 0. The number of hydrogen-bond donors (Lipinski definition) is 1. The number of amides is 1. The first-order valence-electron chi connectivity index (χ1n) is 7.78. The number of anilines is 1. The van der Waals surface area contributed by atoms with Gasteiger partial charge >= 0.3 is 12.1 Å². The van der Waals surface area contributed by atoms with Gasteiger partial charge in [0.1, 0.15) is 5.75 Å². The summed E-state index contributed by atoms with van der Waals surface area (Å²) in [6.45, 7) is 0.638. The minimum Gasteiger partial charge on any atom is -0.477 e. The van der Waals surface area contributed by atoms with Gasteiger partial charge in [-0.25, -0.2) is 9.78 Å². The summed E-state index contributed by atoms with van der Waals surface area (Å²) >= 11 is 17.4. The molecule has 2 rings (SSSR count). The van der Waals surface area contributed by atoms with Crippen LogP contribution in [-0.2, 0) is 20.5 Å². The van der Waals surface area contributed by atoms with E-state index in [1.54, 1.807) is 0 Å². The second kappa shape index (κ2) is 9.51. The molecule has 156 valence electrons. The van der Waals surface area contributed by atoms with Crippen molar-refractivity contribution in [1.29, 1.82) is 0 Å². The Kier molecular flexibility index (Phi) is 7.56. The van der Waals surface area contributed by atoms with E-state index in [4.69, 9.17) is 44.3 Å². The van der Waals surface area contributed by atoms with Gasteiger partial charge in [-0.15, -0.1) is 0 Å². The molecule has 0 spiro atoms. The largest absolute Gasteiger partial charge is 0.477 e. The maximum absolute atomic E-state index is 12.6. The number of aromatic nitrogens is 1. The Labute approximate surface area is 177 Å². The van der Waals surface area contributed by atoms with E-state index < -0.39 is 41.3 Å². The SMILES string of the molecule is C[C@H](Oc1ccc(Cl)cc1Cl)C(=O)OCC(=O)Nc1ncc(C(F)(F)F)cc1Cl. The number of rotatable bonds is 6. The van der Waals surface area contributed by atoms with E-state index in [-0.39, 0.29) is 16.6 Å². The molecule has 0 saturated carbocycles. The molecule has 0 saturated heterocycles. The van der Waals surface area contributed by atoms with Gasteiger partial charge < -0.3 is 14.8 Å². The third-order valence-electron chi connectivity index (χ3n) is 3.30. The second-order valence-corrected chi connectivity index (χ2v) is 6.79. The van der Waals surface area contributed by atoms with Crippen molar-refractivity contribution in [2.75, 3.05) is 11.9 Å². The molecule has 12 heteroatoms. The maximum atomic E-state index is 12.6. The van der Waals surface area contributed by atoms with Crippen molar-refractivity contribution in [3.05, 3.63) is 51.1 Å². The number of pyridine rings is 1. The Bertz CT molecular complexity index is 925. The fraction of sp³-hybridized carbons (Fsp3) is 0.235. The third kappa shape index (κ3) is 6.66. The second-order valence-electron chi connectivity index (χ2n) is 5.54. The smallest absolute Gasteiger partial charge is 0.417 e. The lowest BCUT2D eigenvalue weighted by molar-refractivity contribution is -0.153. The van der Waals surface area contributed by atoms with Crippen molar-refractivity contribution in [3.63, 3.8) is 0 Å². The van der Waals surface area contributed by atoms with Crippen LogP contribution in [0.15, 0.2) is 30.5 Å². The minimum atomic E-state index is -4.63. The number of alkyl halides is 3. The Morgan fingerprint density at radius 1 is 1.17 bits per heavy atom. The highest BCUT2D eigenvalue weighted by atomic mass is 35.5. The summed E-state index contributed by atoms with van der Waals surface area (Å²) in [4.78, 5) is 27.2. The molecule has 1 atom stereocenters. The first-order chi connectivity index (χ1) is 13.5. The molecule has 1 heterocycles. The van der Waals surface area contributed by atoms with Crippen LogP contribution in [0, 0.1) is 0 Å². The standard InChI is InChI=1S/C17H12Cl3F3N2O4/c1-8(29-13-3-2-10(18)5-11(13)19)16(27)28-7-14(26)25-15-12(20)4-9(6-24-15)17(21,22)23/h2-6,8H,7H2,1H3,(H,24,25,26)/t8-/m0/s1. The zero-order valence-corrected chi connectivity index (χ0v) is 16.8. The van der Waals surface area contributed by atoms with Crippen molar-refractivity contribution in [1.82, 2.24) is 4.98 Å². The summed E-state index contributed by atoms with van der Waals surface area (Å²) in [5.41, 5.74) is -1.07. The Hall–Kier alpha value is -2.23. The van der Waals surface area contributed by atoms with Gasteiger partial charge in [0.05, 0.1) is 15.6 Å². The number of benzene rings is 1. The predicted octanol–water partition coefficient (Wildman–Crippen LogP) is 5.01. The number of carbonyl (C=O) groups excluding carboxylic acids is 2. The van der Waals surface area contributed by atoms with Gasteiger partial charge in [0.2, 0.25) is 0 Å². The van der Waals surface area contributed by atoms with Crippen molar-refractivity contribution in [2.45, 2.75) is 19.2 Å². The summed E-state index contributed by atoms with van der Waals surface area (Å²) in [5.74, 6) is -1.86. The number of halogens is 6.